The smallest absolute Gasteiger partial charge is 0.345 e. The highest BCUT2D eigenvalue weighted by atomic mass is 32.1. The average Bonchev–Trinajstić information content (AvgIpc) is 2.94. The molecule has 0 amide bonds. The molecule has 136 valence electrons. The van der Waals surface area contributed by atoms with Gasteiger partial charge in [-0.2, -0.15) is 0 Å². The lowest BCUT2D eigenvalue weighted by Crippen LogP contribution is -2.27. The highest BCUT2D eigenvalue weighted by Crippen LogP contribution is 2.38. The van der Waals surface area contributed by atoms with Gasteiger partial charge in [0.25, 0.3) is 0 Å². The Bertz CT molecular complexity index is 792. The van der Waals surface area contributed by atoms with Gasteiger partial charge in [0.05, 0.1) is 0 Å². The van der Waals surface area contributed by atoms with Gasteiger partial charge < -0.3 is 16.2 Å². The first kappa shape index (κ1) is 19.2. The molecule has 1 unspecified atom stereocenters. The maximum Gasteiger partial charge on any atom is 0.345 e. The third-order valence-electron chi connectivity index (χ3n) is 4.58. The van der Waals surface area contributed by atoms with Crippen molar-refractivity contribution in [1.29, 1.82) is 5.41 Å². The van der Waals surface area contributed by atoms with Gasteiger partial charge in [0, 0.05) is 18.1 Å². The van der Waals surface area contributed by atoms with Crippen molar-refractivity contribution in [2.24, 2.45) is 17.1 Å². The zero-order valence-electron chi connectivity index (χ0n) is 15.1. The molecule has 0 bridgehead atoms. The van der Waals surface area contributed by atoms with Crippen molar-refractivity contribution in [2.45, 2.75) is 40.0 Å². The number of guanidine groups is 1. The predicted octanol–water partition coefficient (Wildman–Crippen LogP) is 3.24. The maximum atomic E-state index is 11.1. The minimum atomic E-state index is -0.862. The van der Waals surface area contributed by atoms with Crippen LogP contribution in [0.25, 0.3) is 10.2 Å². The van der Waals surface area contributed by atoms with Crippen LogP contribution in [0.1, 0.15) is 48.1 Å². The fourth-order valence-electron chi connectivity index (χ4n) is 2.97. The molecule has 7 heteroatoms. The molecule has 1 aliphatic carbocycles. The van der Waals surface area contributed by atoms with Crippen LogP contribution in [0.3, 0.4) is 0 Å². The second kappa shape index (κ2) is 7.39. The number of nitrogens with two attached hydrogens (primary N) is 1. The summed E-state index contributed by atoms with van der Waals surface area (Å²) in [5.41, 5.74) is 7.54. The van der Waals surface area contributed by atoms with E-state index in [4.69, 9.17) is 21.2 Å². The molecule has 1 atom stereocenters. The summed E-state index contributed by atoms with van der Waals surface area (Å²) in [5.74, 6) is -0.185. The zero-order chi connectivity index (χ0) is 18.8. The average molecular weight is 362 g/mol. The van der Waals surface area contributed by atoms with Crippen molar-refractivity contribution in [1.82, 2.24) is 10.3 Å². The van der Waals surface area contributed by atoms with Crippen molar-refractivity contribution < 1.29 is 9.90 Å². The molecule has 0 spiro atoms. The SMILES string of the molecule is CC(C)(C)C1CCc2nc3sc(C(=O)O)cc3cc2C1.CNC(=N)N. The molecule has 2 heterocycles. The summed E-state index contributed by atoms with van der Waals surface area (Å²) in [6, 6.07) is 3.90. The molecule has 25 heavy (non-hydrogen) atoms. The molecule has 2 aromatic heterocycles. The first-order chi connectivity index (χ1) is 11.6. The molecule has 2 aromatic rings. The van der Waals surface area contributed by atoms with Gasteiger partial charge in [0.15, 0.2) is 5.96 Å². The van der Waals surface area contributed by atoms with Gasteiger partial charge in [-0.3, -0.25) is 5.41 Å². The number of nitrogens with zero attached hydrogens (tertiary/aromatic N) is 1. The van der Waals surface area contributed by atoms with E-state index in [2.05, 4.69) is 32.2 Å². The molecule has 0 fully saturated rings. The van der Waals surface area contributed by atoms with E-state index in [1.54, 1.807) is 13.1 Å². The van der Waals surface area contributed by atoms with Crippen LogP contribution in [-0.4, -0.2) is 29.1 Å². The Kier molecular flexibility index (Phi) is 5.67. The Morgan fingerprint density at radius 3 is 2.60 bits per heavy atom. The summed E-state index contributed by atoms with van der Waals surface area (Å²) < 4.78 is 0. The fourth-order valence-corrected chi connectivity index (χ4v) is 3.84. The Morgan fingerprint density at radius 1 is 1.44 bits per heavy atom. The Balaban J connectivity index is 0.000000399. The van der Waals surface area contributed by atoms with Crippen LogP contribution in [0.5, 0.6) is 0 Å². The minimum Gasteiger partial charge on any atom is -0.477 e. The number of rotatable bonds is 1. The van der Waals surface area contributed by atoms with Crippen LogP contribution < -0.4 is 11.1 Å². The predicted molar refractivity (Wildman–Crippen MR) is 103 cm³/mol. The van der Waals surface area contributed by atoms with Crippen LogP contribution in [0.2, 0.25) is 0 Å². The van der Waals surface area contributed by atoms with E-state index in [0.717, 1.165) is 28.8 Å². The third-order valence-corrected chi connectivity index (χ3v) is 5.61. The van der Waals surface area contributed by atoms with E-state index in [9.17, 15) is 4.79 Å². The number of aryl methyl sites for hydroxylation is 1. The van der Waals surface area contributed by atoms with E-state index in [0.29, 0.717) is 16.2 Å². The van der Waals surface area contributed by atoms with Gasteiger partial charge in [-0.25, -0.2) is 9.78 Å². The van der Waals surface area contributed by atoms with Crippen LogP contribution >= 0.6 is 11.3 Å². The molecule has 0 radical (unpaired) electrons. The molecule has 0 aliphatic heterocycles. The molecular weight excluding hydrogens is 336 g/mol. The summed E-state index contributed by atoms with van der Waals surface area (Å²) in [6.45, 7) is 6.88. The van der Waals surface area contributed by atoms with Crippen molar-refractivity contribution in [3.63, 3.8) is 0 Å². The Morgan fingerprint density at radius 2 is 2.08 bits per heavy atom. The molecule has 0 aromatic carbocycles. The first-order valence-electron chi connectivity index (χ1n) is 8.29. The number of hydrogen-bond acceptors (Lipinski definition) is 4. The largest absolute Gasteiger partial charge is 0.477 e. The Labute approximate surface area is 152 Å². The number of hydrogen-bond donors (Lipinski definition) is 4. The lowest BCUT2D eigenvalue weighted by molar-refractivity contribution is 0.0702. The summed E-state index contributed by atoms with van der Waals surface area (Å²) in [4.78, 5) is 17.0. The maximum absolute atomic E-state index is 11.1. The van der Waals surface area contributed by atoms with Crippen LogP contribution in [0.4, 0.5) is 0 Å². The summed E-state index contributed by atoms with van der Waals surface area (Å²) >= 11 is 1.27. The van der Waals surface area contributed by atoms with Crippen molar-refractivity contribution in [3.05, 3.63) is 28.3 Å². The normalized spacial score (nSPS) is 16.6. The number of pyridine rings is 1. The van der Waals surface area contributed by atoms with Gasteiger partial charge >= 0.3 is 5.97 Å². The topological polar surface area (TPSA) is 112 Å². The number of fused-ring (bicyclic) bond motifs is 2. The number of nitrogens with one attached hydrogen (secondary N) is 2. The fraction of sp³-hybridized carbons (Fsp3) is 0.500. The van der Waals surface area contributed by atoms with Crippen molar-refractivity contribution in [3.8, 4) is 0 Å². The number of carboxylic acid groups (broad SMARTS) is 1. The van der Waals surface area contributed by atoms with E-state index >= 15 is 0 Å². The van der Waals surface area contributed by atoms with Crippen molar-refractivity contribution in [2.75, 3.05) is 7.05 Å². The second-order valence-corrected chi connectivity index (χ2v) is 8.40. The number of carbonyl (C=O) groups is 1. The zero-order valence-corrected chi connectivity index (χ0v) is 16.0. The van der Waals surface area contributed by atoms with Crippen LogP contribution in [-0.2, 0) is 12.8 Å². The van der Waals surface area contributed by atoms with E-state index in [-0.39, 0.29) is 5.96 Å². The number of carboxylic acids is 1. The number of aromatic carboxylic acids is 1. The molecule has 5 N–H and O–H groups in total. The first-order valence-corrected chi connectivity index (χ1v) is 9.11. The molecule has 1 aliphatic rings. The summed E-state index contributed by atoms with van der Waals surface area (Å²) in [5, 5.41) is 18.9. The highest BCUT2D eigenvalue weighted by Gasteiger charge is 2.29. The molecular formula is C18H26N4O2S. The van der Waals surface area contributed by atoms with Gasteiger partial charge in [-0.1, -0.05) is 20.8 Å². The van der Waals surface area contributed by atoms with Gasteiger partial charge in [0.2, 0.25) is 0 Å². The third kappa shape index (κ3) is 4.69. The standard InChI is InChI=1S/C16H19NO2S.C2H7N3/c1-16(2,3)11-4-5-12-9(7-11)6-10-8-13(15(18)19)20-14(10)17-12;1-5-2(3)4/h6,8,11H,4-5,7H2,1-3H3,(H,18,19);1H3,(H4,3,4,5). The van der Waals surface area contributed by atoms with E-state index < -0.39 is 5.97 Å². The molecule has 0 saturated heterocycles. The lowest BCUT2D eigenvalue weighted by atomic mass is 9.71. The summed E-state index contributed by atoms with van der Waals surface area (Å²) in [6.07, 6.45) is 3.24. The lowest BCUT2D eigenvalue weighted by Gasteiger charge is -2.34. The van der Waals surface area contributed by atoms with Crippen LogP contribution in [0.15, 0.2) is 12.1 Å². The Hall–Kier alpha value is -2.15. The van der Waals surface area contributed by atoms with E-state index in [1.165, 1.54) is 23.3 Å². The molecule has 0 saturated carbocycles. The van der Waals surface area contributed by atoms with Crippen LogP contribution in [0, 0.1) is 16.7 Å². The van der Waals surface area contributed by atoms with Gasteiger partial charge in [-0.05, 0) is 48.3 Å². The molecule has 3 rings (SSSR count). The van der Waals surface area contributed by atoms with Gasteiger partial charge in [-0.15, -0.1) is 11.3 Å². The molecule has 6 nitrogen and oxygen atoms in total. The van der Waals surface area contributed by atoms with E-state index in [1.807, 2.05) is 0 Å². The number of aromatic nitrogens is 1. The highest BCUT2D eigenvalue weighted by molar-refractivity contribution is 7.20. The monoisotopic (exact) mass is 362 g/mol. The summed E-state index contributed by atoms with van der Waals surface area (Å²) in [7, 11) is 1.60. The minimum absolute atomic E-state index is 0.00463. The second-order valence-electron chi connectivity index (χ2n) is 7.37. The number of thiophene rings is 1. The van der Waals surface area contributed by atoms with Crippen molar-refractivity contribution >= 4 is 33.5 Å². The quantitative estimate of drug-likeness (QED) is 0.459. The van der Waals surface area contributed by atoms with Gasteiger partial charge in [0.1, 0.15) is 9.71 Å².